The topological polar surface area (TPSA) is 65.7 Å². The summed E-state index contributed by atoms with van der Waals surface area (Å²) >= 11 is 0. The van der Waals surface area contributed by atoms with E-state index in [1.54, 1.807) is 0 Å². The van der Waals surface area contributed by atoms with Crippen molar-refractivity contribution in [2.24, 2.45) is 0 Å². The Hall–Kier alpha value is -0.670. The molecule has 2 saturated heterocycles. The molecular weight excluding hydrogens is 244 g/mol. The van der Waals surface area contributed by atoms with Gasteiger partial charge in [0.25, 0.3) is 0 Å². The van der Waals surface area contributed by atoms with E-state index < -0.39 is 5.79 Å². The summed E-state index contributed by atoms with van der Waals surface area (Å²) in [4.78, 5) is 2.27. The number of rotatable bonds is 1. The number of ether oxygens (including phenoxy) is 2. The highest BCUT2D eigenvalue weighted by molar-refractivity contribution is 5.12. The highest BCUT2D eigenvalue weighted by Crippen LogP contribution is 2.43. The molecule has 1 spiro atoms. The molecule has 106 valence electrons. The third-order valence-corrected chi connectivity index (χ3v) is 4.93. The first-order valence-corrected chi connectivity index (χ1v) is 7.30. The Morgan fingerprint density at radius 1 is 1.05 bits per heavy atom. The second kappa shape index (κ2) is 5.02. The number of likely N-dealkylation sites (tertiary alicyclic amines) is 1. The Morgan fingerprint density at radius 2 is 1.63 bits per heavy atom. The first-order chi connectivity index (χ1) is 9.18. The Kier molecular flexibility index (Phi) is 3.52. The van der Waals surface area contributed by atoms with Crippen LogP contribution in [0.4, 0.5) is 0 Å². The maximum atomic E-state index is 9.66. The summed E-state index contributed by atoms with van der Waals surface area (Å²) in [5.74, 6) is -0.407. The van der Waals surface area contributed by atoms with Crippen LogP contribution in [0.3, 0.4) is 0 Å². The van der Waals surface area contributed by atoms with E-state index in [2.05, 4.69) is 11.0 Å². The van der Waals surface area contributed by atoms with Crippen molar-refractivity contribution < 1.29 is 14.6 Å². The monoisotopic (exact) mass is 266 g/mol. The molecule has 2 aliphatic heterocycles. The van der Waals surface area contributed by atoms with Crippen LogP contribution in [0.15, 0.2) is 0 Å². The lowest BCUT2D eigenvalue weighted by atomic mass is 9.77. The Bertz CT molecular complexity index is 355. The molecular formula is C14H22N2O3. The molecule has 0 aromatic heterocycles. The molecule has 3 fully saturated rings. The molecule has 0 aromatic rings. The number of piperidine rings is 1. The molecule has 0 amide bonds. The first kappa shape index (κ1) is 13.3. The number of nitrogens with zero attached hydrogens (tertiary/aromatic N) is 2. The van der Waals surface area contributed by atoms with E-state index in [4.69, 9.17) is 9.47 Å². The van der Waals surface area contributed by atoms with Crippen LogP contribution >= 0.6 is 0 Å². The van der Waals surface area contributed by atoms with Crippen LogP contribution in [0.2, 0.25) is 0 Å². The van der Waals surface area contributed by atoms with Crippen molar-refractivity contribution in [1.29, 1.82) is 5.26 Å². The van der Waals surface area contributed by atoms with Gasteiger partial charge in [-0.3, -0.25) is 4.90 Å². The molecule has 0 atom stereocenters. The van der Waals surface area contributed by atoms with Crippen molar-refractivity contribution in [3.8, 4) is 6.07 Å². The Morgan fingerprint density at radius 3 is 2.16 bits per heavy atom. The quantitative estimate of drug-likeness (QED) is 0.767. The van der Waals surface area contributed by atoms with Gasteiger partial charge >= 0.3 is 0 Å². The van der Waals surface area contributed by atoms with E-state index in [0.717, 1.165) is 51.6 Å². The lowest BCUT2D eigenvalue weighted by Gasteiger charge is -2.47. The van der Waals surface area contributed by atoms with Crippen molar-refractivity contribution in [2.75, 3.05) is 26.3 Å². The van der Waals surface area contributed by atoms with Gasteiger partial charge in [0.2, 0.25) is 0 Å². The molecule has 5 nitrogen and oxygen atoms in total. The van der Waals surface area contributed by atoms with E-state index in [1.165, 1.54) is 0 Å². The van der Waals surface area contributed by atoms with Crippen LogP contribution in [-0.4, -0.2) is 53.7 Å². The van der Waals surface area contributed by atoms with Crippen LogP contribution in [0.1, 0.15) is 38.5 Å². The Labute approximate surface area is 114 Å². The number of hydrogen-bond acceptors (Lipinski definition) is 5. The summed E-state index contributed by atoms with van der Waals surface area (Å²) < 4.78 is 11.5. The summed E-state index contributed by atoms with van der Waals surface area (Å²) in [6.45, 7) is 3.00. The van der Waals surface area contributed by atoms with Crippen LogP contribution in [-0.2, 0) is 9.47 Å². The van der Waals surface area contributed by atoms with Crippen molar-refractivity contribution in [3.05, 3.63) is 0 Å². The van der Waals surface area contributed by atoms with E-state index in [-0.39, 0.29) is 11.6 Å². The maximum absolute atomic E-state index is 9.66. The fraction of sp³-hybridized carbons (Fsp3) is 0.929. The minimum atomic E-state index is -0.407. The zero-order valence-electron chi connectivity index (χ0n) is 11.3. The highest BCUT2D eigenvalue weighted by Gasteiger charge is 2.49. The summed E-state index contributed by atoms with van der Waals surface area (Å²) in [5, 5.41) is 19.3. The van der Waals surface area contributed by atoms with E-state index >= 15 is 0 Å². The van der Waals surface area contributed by atoms with Crippen molar-refractivity contribution >= 4 is 0 Å². The molecule has 3 rings (SSSR count). The third-order valence-electron chi connectivity index (χ3n) is 4.93. The average Bonchev–Trinajstić information content (AvgIpc) is 2.90. The summed E-state index contributed by atoms with van der Waals surface area (Å²) in [6, 6.07) is 2.54. The van der Waals surface area contributed by atoms with Crippen molar-refractivity contribution in [2.45, 2.75) is 56.0 Å². The van der Waals surface area contributed by atoms with E-state index in [0.29, 0.717) is 13.2 Å². The number of nitriles is 1. The van der Waals surface area contributed by atoms with Gasteiger partial charge in [0.05, 0.1) is 25.4 Å². The molecule has 2 heterocycles. The lowest BCUT2D eigenvalue weighted by Crippen LogP contribution is -2.56. The Balaban J connectivity index is 1.67. The van der Waals surface area contributed by atoms with Crippen molar-refractivity contribution in [3.63, 3.8) is 0 Å². The SMILES string of the molecule is N#CC1(N2CCC(O)CC2)CCC2(CC1)OCCO2. The number of aliphatic hydroxyl groups excluding tert-OH is 1. The third kappa shape index (κ3) is 2.38. The second-order valence-corrected chi connectivity index (χ2v) is 5.97. The van der Waals surface area contributed by atoms with Crippen LogP contribution in [0.25, 0.3) is 0 Å². The second-order valence-electron chi connectivity index (χ2n) is 5.97. The van der Waals surface area contributed by atoms with E-state index in [9.17, 15) is 10.4 Å². The number of aliphatic hydroxyl groups is 1. The molecule has 1 saturated carbocycles. The van der Waals surface area contributed by atoms with Crippen LogP contribution in [0.5, 0.6) is 0 Å². The maximum Gasteiger partial charge on any atom is 0.168 e. The minimum Gasteiger partial charge on any atom is -0.393 e. The number of hydrogen-bond donors (Lipinski definition) is 1. The lowest BCUT2D eigenvalue weighted by molar-refractivity contribution is -0.190. The van der Waals surface area contributed by atoms with Gasteiger partial charge in [-0.2, -0.15) is 5.26 Å². The fourth-order valence-electron chi connectivity index (χ4n) is 3.62. The normalized spacial score (nSPS) is 31.4. The van der Waals surface area contributed by atoms with Gasteiger partial charge in [-0.1, -0.05) is 0 Å². The summed E-state index contributed by atoms with van der Waals surface area (Å²) in [7, 11) is 0. The molecule has 0 radical (unpaired) electrons. The first-order valence-electron chi connectivity index (χ1n) is 7.30. The van der Waals surface area contributed by atoms with Crippen molar-refractivity contribution in [1.82, 2.24) is 4.90 Å². The van der Waals surface area contributed by atoms with Crippen LogP contribution in [0, 0.1) is 11.3 Å². The average molecular weight is 266 g/mol. The fourth-order valence-corrected chi connectivity index (χ4v) is 3.62. The molecule has 1 N–H and O–H groups in total. The molecule has 5 heteroatoms. The zero-order chi connectivity index (χ0) is 13.3. The summed E-state index contributed by atoms with van der Waals surface area (Å²) in [6.07, 6.45) is 4.59. The van der Waals surface area contributed by atoms with E-state index in [1.807, 2.05) is 0 Å². The van der Waals surface area contributed by atoms with Gasteiger partial charge in [-0.05, 0) is 25.7 Å². The van der Waals surface area contributed by atoms with Gasteiger partial charge in [-0.25, -0.2) is 0 Å². The van der Waals surface area contributed by atoms with Gasteiger partial charge in [0.15, 0.2) is 5.79 Å². The predicted molar refractivity (Wildman–Crippen MR) is 68.3 cm³/mol. The molecule has 0 unspecified atom stereocenters. The standard InChI is InChI=1S/C14H22N2O3/c15-11-13(16-7-1-12(17)2-8-16)3-5-14(6-4-13)18-9-10-19-14/h12,17H,1-10H2. The molecule has 1 aliphatic carbocycles. The molecule has 0 aromatic carbocycles. The highest BCUT2D eigenvalue weighted by atomic mass is 16.7. The van der Waals surface area contributed by atoms with Gasteiger partial charge < -0.3 is 14.6 Å². The van der Waals surface area contributed by atoms with Crippen LogP contribution < -0.4 is 0 Å². The zero-order valence-corrected chi connectivity index (χ0v) is 11.3. The van der Waals surface area contributed by atoms with Gasteiger partial charge in [0, 0.05) is 25.9 Å². The minimum absolute atomic E-state index is 0.191. The molecule has 0 bridgehead atoms. The van der Waals surface area contributed by atoms with Gasteiger partial charge in [-0.15, -0.1) is 0 Å². The predicted octanol–water partition coefficient (Wildman–Crippen LogP) is 1.02. The van der Waals surface area contributed by atoms with Gasteiger partial charge in [0.1, 0.15) is 5.54 Å². The molecule has 19 heavy (non-hydrogen) atoms. The smallest absolute Gasteiger partial charge is 0.168 e. The largest absolute Gasteiger partial charge is 0.393 e. The molecule has 3 aliphatic rings. The summed E-state index contributed by atoms with van der Waals surface area (Å²) in [5.41, 5.74) is -0.374.